The minimum Gasteiger partial charge on any atom is -0.462 e. The van der Waals surface area contributed by atoms with E-state index in [2.05, 4.69) is 10.2 Å². The number of aromatic amines is 1. The maximum absolute atomic E-state index is 11.8. The molecule has 1 heterocycles. The van der Waals surface area contributed by atoms with Gasteiger partial charge in [0.25, 0.3) is 0 Å². The fourth-order valence-electron chi connectivity index (χ4n) is 1.54. The Bertz CT molecular complexity index is 491. The molecule has 0 aliphatic heterocycles. The second-order valence-electron chi connectivity index (χ2n) is 3.66. The lowest BCUT2D eigenvalue weighted by molar-refractivity contribution is 0.0506. The van der Waals surface area contributed by atoms with Gasteiger partial charge in [0.1, 0.15) is 5.56 Å². The number of nitrogens with zero attached hydrogens (tertiary/aromatic N) is 1. The Hall–Kier alpha value is -2.10. The number of rotatable bonds is 4. The van der Waals surface area contributed by atoms with Gasteiger partial charge in [-0.15, -0.1) is 0 Å². The van der Waals surface area contributed by atoms with Crippen molar-refractivity contribution < 1.29 is 9.53 Å². The van der Waals surface area contributed by atoms with Crippen LogP contribution in [0.25, 0.3) is 11.3 Å². The van der Waals surface area contributed by atoms with E-state index in [1.165, 1.54) is 6.20 Å². The SMILES string of the molecule is CCCOC(=O)c1cn[nH]c1-c1ccccc1. The van der Waals surface area contributed by atoms with E-state index in [0.717, 1.165) is 12.0 Å². The number of benzene rings is 1. The first kappa shape index (κ1) is 11.4. The molecular formula is C13H14N2O2. The number of nitrogens with one attached hydrogen (secondary N) is 1. The predicted molar refractivity (Wildman–Crippen MR) is 64.6 cm³/mol. The van der Waals surface area contributed by atoms with E-state index in [9.17, 15) is 4.79 Å². The van der Waals surface area contributed by atoms with Crippen molar-refractivity contribution in [3.8, 4) is 11.3 Å². The lowest BCUT2D eigenvalue weighted by Gasteiger charge is -2.03. The van der Waals surface area contributed by atoms with Crippen molar-refractivity contribution in [1.29, 1.82) is 0 Å². The van der Waals surface area contributed by atoms with Gasteiger partial charge in [0.2, 0.25) is 0 Å². The van der Waals surface area contributed by atoms with E-state index < -0.39 is 0 Å². The molecule has 1 aromatic heterocycles. The van der Waals surface area contributed by atoms with Crippen LogP contribution >= 0.6 is 0 Å². The molecule has 0 spiro atoms. The van der Waals surface area contributed by atoms with Gasteiger partial charge in [-0.3, -0.25) is 5.10 Å². The summed E-state index contributed by atoms with van der Waals surface area (Å²) in [6.45, 7) is 2.39. The summed E-state index contributed by atoms with van der Waals surface area (Å²) in [6, 6.07) is 9.60. The van der Waals surface area contributed by atoms with Crippen LogP contribution in [0.1, 0.15) is 23.7 Å². The molecule has 2 rings (SSSR count). The molecule has 0 unspecified atom stereocenters. The molecular weight excluding hydrogens is 216 g/mol. The quantitative estimate of drug-likeness (QED) is 0.821. The fraction of sp³-hybridized carbons (Fsp3) is 0.231. The van der Waals surface area contributed by atoms with Gasteiger partial charge in [0.15, 0.2) is 0 Å². The Morgan fingerprint density at radius 1 is 1.35 bits per heavy atom. The Morgan fingerprint density at radius 3 is 2.82 bits per heavy atom. The van der Waals surface area contributed by atoms with Gasteiger partial charge in [0.05, 0.1) is 18.5 Å². The Labute approximate surface area is 99.6 Å². The molecule has 2 aromatic rings. The van der Waals surface area contributed by atoms with E-state index in [1.807, 2.05) is 37.3 Å². The Balaban J connectivity index is 2.26. The van der Waals surface area contributed by atoms with Crippen molar-refractivity contribution in [2.45, 2.75) is 13.3 Å². The van der Waals surface area contributed by atoms with Crippen LogP contribution in [0.15, 0.2) is 36.5 Å². The van der Waals surface area contributed by atoms with Crippen molar-refractivity contribution in [1.82, 2.24) is 10.2 Å². The predicted octanol–water partition coefficient (Wildman–Crippen LogP) is 2.64. The summed E-state index contributed by atoms with van der Waals surface area (Å²) in [5.41, 5.74) is 2.10. The van der Waals surface area contributed by atoms with Crippen LogP contribution in [0.4, 0.5) is 0 Å². The molecule has 0 bridgehead atoms. The summed E-state index contributed by atoms with van der Waals surface area (Å²) in [5.74, 6) is -0.334. The van der Waals surface area contributed by atoms with Gasteiger partial charge in [0, 0.05) is 5.56 Å². The fourth-order valence-corrected chi connectivity index (χ4v) is 1.54. The molecule has 1 N–H and O–H groups in total. The van der Waals surface area contributed by atoms with E-state index in [0.29, 0.717) is 17.9 Å². The van der Waals surface area contributed by atoms with Gasteiger partial charge in [-0.25, -0.2) is 4.79 Å². The number of carbonyl (C=O) groups is 1. The number of H-pyrrole nitrogens is 1. The van der Waals surface area contributed by atoms with Gasteiger partial charge in [-0.1, -0.05) is 37.3 Å². The monoisotopic (exact) mass is 230 g/mol. The third-order valence-corrected chi connectivity index (χ3v) is 2.36. The highest BCUT2D eigenvalue weighted by atomic mass is 16.5. The number of hydrogen-bond acceptors (Lipinski definition) is 3. The van der Waals surface area contributed by atoms with Crippen LogP contribution in [0, 0.1) is 0 Å². The standard InChI is InChI=1S/C13H14N2O2/c1-2-8-17-13(16)11-9-14-15-12(11)10-6-4-3-5-7-10/h3-7,9H,2,8H2,1H3,(H,14,15). The van der Waals surface area contributed by atoms with Crippen LogP contribution in [0.2, 0.25) is 0 Å². The van der Waals surface area contributed by atoms with Crippen molar-refractivity contribution in [2.75, 3.05) is 6.61 Å². The third kappa shape index (κ3) is 2.53. The van der Waals surface area contributed by atoms with E-state index >= 15 is 0 Å². The number of esters is 1. The molecule has 0 saturated heterocycles. The zero-order valence-corrected chi connectivity index (χ0v) is 9.64. The highest BCUT2D eigenvalue weighted by molar-refractivity contribution is 5.95. The van der Waals surface area contributed by atoms with Gasteiger partial charge in [-0.2, -0.15) is 5.10 Å². The van der Waals surface area contributed by atoms with E-state index in [1.54, 1.807) is 0 Å². The third-order valence-electron chi connectivity index (χ3n) is 2.36. The maximum atomic E-state index is 11.8. The Kier molecular flexibility index (Phi) is 3.55. The molecule has 0 atom stereocenters. The largest absolute Gasteiger partial charge is 0.462 e. The summed E-state index contributed by atoms with van der Waals surface area (Å²) >= 11 is 0. The summed E-state index contributed by atoms with van der Waals surface area (Å²) in [6.07, 6.45) is 2.31. The highest BCUT2D eigenvalue weighted by Crippen LogP contribution is 2.21. The minimum atomic E-state index is -0.334. The number of carbonyl (C=O) groups excluding carboxylic acids is 1. The zero-order chi connectivity index (χ0) is 12.1. The summed E-state index contributed by atoms with van der Waals surface area (Å²) in [5, 5.41) is 6.73. The number of ether oxygens (including phenoxy) is 1. The minimum absolute atomic E-state index is 0.334. The molecule has 0 fully saturated rings. The first-order valence-electron chi connectivity index (χ1n) is 5.59. The second kappa shape index (κ2) is 5.30. The summed E-state index contributed by atoms with van der Waals surface area (Å²) < 4.78 is 5.10. The molecule has 0 aliphatic rings. The van der Waals surface area contributed by atoms with Crippen molar-refractivity contribution in [3.05, 3.63) is 42.1 Å². The second-order valence-corrected chi connectivity index (χ2v) is 3.66. The molecule has 0 amide bonds. The summed E-state index contributed by atoms with van der Waals surface area (Å²) in [7, 11) is 0. The van der Waals surface area contributed by atoms with Crippen LogP contribution < -0.4 is 0 Å². The van der Waals surface area contributed by atoms with Gasteiger partial charge < -0.3 is 4.74 Å². The normalized spacial score (nSPS) is 10.2. The van der Waals surface area contributed by atoms with Gasteiger partial charge in [-0.05, 0) is 6.42 Å². The van der Waals surface area contributed by atoms with Crippen molar-refractivity contribution in [3.63, 3.8) is 0 Å². The first-order chi connectivity index (χ1) is 8.33. The van der Waals surface area contributed by atoms with Crippen molar-refractivity contribution >= 4 is 5.97 Å². The van der Waals surface area contributed by atoms with Crippen LogP contribution in [-0.4, -0.2) is 22.8 Å². The molecule has 88 valence electrons. The molecule has 0 aliphatic carbocycles. The lowest BCUT2D eigenvalue weighted by Crippen LogP contribution is -2.06. The molecule has 4 heteroatoms. The maximum Gasteiger partial charge on any atom is 0.341 e. The lowest BCUT2D eigenvalue weighted by atomic mass is 10.1. The number of aromatic nitrogens is 2. The average molecular weight is 230 g/mol. The Morgan fingerprint density at radius 2 is 2.12 bits per heavy atom. The molecule has 4 nitrogen and oxygen atoms in total. The average Bonchev–Trinajstić information content (AvgIpc) is 2.86. The van der Waals surface area contributed by atoms with E-state index in [-0.39, 0.29) is 5.97 Å². The first-order valence-corrected chi connectivity index (χ1v) is 5.59. The van der Waals surface area contributed by atoms with Crippen molar-refractivity contribution in [2.24, 2.45) is 0 Å². The van der Waals surface area contributed by atoms with Crippen LogP contribution in [0.5, 0.6) is 0 Å². The molecule has 1 aromatic carbocycles. The topological polar surface area (TPSA) is 55.0 Å². The van der Waals surface area contributed by atoms with Crippen LogP contribution in [0.3, 0.4) is 0 Å². The molecule has 0 radical (unpaired) electrons. The zero-order valence-electron chi connectivity index (χ0n) is 9.64. The van der Waals surface area contributed by atoms with E-state index in [4.69, 9.17) is 4.74 Å². The van der Waals surface area contributed by atoms with Crippen LogP contribution in [-0.2, 0) is 4.74 Å². The molecule has 0 saturated carbocycles. The summed E-state index contributed by atoms with van der Waals surface area (Å²) in [4.78, 5) is 11.8. The molecule has 17 heavy (non-hydrogen) atoms. The highest BCUT2D eigenvalue weighted by Gasteiger charge is 2.15. The smallest absolute Gasteiger partial charge is 0.341 e. The number of hydrogen-bond donors (Lipinski definition) is 1. The van der Waals surface area contributed by atoms with Gasteiger partial charge >= 0.3 is 5.97 Å².